The zero-order valence-corrected chi connectivity index (χ0v) is 10.9. The van der Waals surface area contributed by atoms with Gasteiger partial charge in [0.1, 0.15) is 0 Å². The number of halogens is 1. The van der Waals surface area contributed by atoms with Gasteiger partial charge in [-0.25, -0.2) is 0 Å². The van der Waals surface area contributed by atoms with Crippen LogP contribution < -0.4 is 0 Å². The van der Waals surface area contributed by atoms with Gasteiger partial charge < -0.3 is 9.64 Å². The van der Waals surface area contributed by atoms with Gasteiger partial charge in [0, 0.05) is 12.4 Å². The highest BCUT2D eigenvalue weighted by Crippen LogP contribution is 2.33. The summed E-state index contributed by atoms with van der Waals surface area (Å²) >= 11 is 5.54. The Labute approximate surface area is 98.9 Å². The first-order valence-electron chi connectivity index (χ1n) is 6.06. The van der Waals surface area contributed by atoms with E-state index in [2.05, 4.69) is 18.7 Å². The summed E-state index contributed by atoms with van der Waals surface area (Å²) in [6, 6.07) is 0. The van der Waals surface area contributed by atoms with Crippen molar-refractivity contribution in [2.75, 3.05) is 38.7 Å². The van der Waals surface area contributed by atoms with Gasteiger partial charge in [0.25, 0.3) is 0 Å². The van der Waals surface area contributed by atoms with Crippen LogP contribution in [-0.4, -0.2) is 43.6 Å². The largest absolute Gasteiger partial charge is 0.379 e. The van der Waals surface area contributed by atoms with E-state index in [1.807, 2.05) is 0 Å². The lowest BCUT2D eigenvalue weighted by atomic mass is 9.78. The fourth-order valence-electron chi connectivity index (χ4n) is 2.02. The third-order valence-electron chi connectivity index (χ3n) is 3.69. The van der Waals surface area contributed by atoms with E-state index in [0.717, 1.165) is 13.2 Å². The second-order valence-electron chi connectivity index (χ2n) is 4.81. The lowest BCUT2D eigenvalue weighted by molar-refractivity contribution is 0.0723. The highest BCUT2D eigenvalue weighted by Gasteiger charge is 2.27. The molecule has 90 valence electrons. The molecule has 0 unspecified atom stereocenters. The first-order valence-corrected chi connectivity index (χ1v) is 6.60. The van der Waals surface area contributed by atoms with Crippen LogP contribution in [0.5, 0.6) is 0 Å². The van der Waals surface area contributed by atoms with E-state index in [1.165, 1.54) is 32.4 Å². The number of nitrogens with zero attached hydrogens (tertiary/aromatic N) is 1. The van der Waals surface area contributed by atoms with Gasteiger partial charge in [-0.15, -0.1) is 11.6 Å². The molecule has 15 heavy (non-hydrogen) atoms. The SMILES string of the molecule is CCC1(C)CCN(CCOCCCl)CC1. The zero-order chi connectivity index (χ0) is 11.1. The molecule has 2 nitrogen and oxygen atoms in total. The molecule has 3 heteroatoms. The molecule has 0 spiro atoms. The van der Waals surface area contributed by atoms with E-state index in [4.69, 9.17) is 16.3 Å². The van der Waals surface area contributed by atoms with E-state index in [1.54, 1.807) is 0 Å². The van der Waals surface area contributed by atoms with Gasteiger partial charge in [0.05, 0.1) is 13.2 Å². The normalized spacial score (nSPS) is 21.8. The minimum atomic E-state index is 0.591. The summed E-state index contributed by atoms with van der Waals surface area (Å²) in [7, 11) is 0. The predicted octanol–water partition coefficient (Wildman–Crippen LogP) is 2.75. The van der Waals surface area contributed by atoms with Gasteiger partial charge in [0.2, 0.25) is 0 Å². The number of hydrogen-bond acceptors (Lipinski definition) is 2. The van der Waals surface area contributed by atoms with Crippen LogP contribution in [0, 0.1) is 5.41 Å². The molecule has 0 aromatic rings. The Morgan fingerprint density at radius 1 is 1.27 bits per heavy atom. The summed E-state index contributed by atoms with van der Waals surface area (Å²) in [4.78, 5) is 2.51. The Hall–Kier alpha value is 0.210. The van der Waals surface area contributed by atoms with Gasteiger partial charge in [0.15, 0.2) is 0 Å². The molecule has 0 N–H and O–H groups in total. The quantitative estimate of drug-likeness (QED) is 0.517. The maximum atomic E-state index is 5.54. The Bertz CT molecular complexity index is 167. The van der Waals surface area contributed by atoms with Gasteiger partial charge in [-0.05, 0) is 31.3 Å². The second kappa shape index (κ2) is 6.72. The van der Waals surface area contributed by atoms with Crippen molar-refractivity contribution < 1.29 is 4.74 Å². The summed E-state index contributed by atoms with van der Waals surface area (Å²) < 4.78 is 5.39. The maximum Gasteiger partial charge on any atom is 0.0602 e. The summed E-state index contributed by atoms with van der Waals surface area (Å²) in [5, 5.41) is 0. The summed E-state index contributed by atoms with van der Waals surface area (Å²) in [6.45, 7) is 9.76. The fraction of sp³-hybridized carbons (Fsp3) is 1.00. The Kier molecular flexibility index (Phi) is 5.95. The van der Waals surface area contributed by atoms with Crippen molar-refractivity contribution >= 4 is 11.6 Å². The highest BCUT2D eigenvalue weighted by atomic mass is 35.5. The van der Waals surface area contributed by atoms with Crippen LogP contribution in [0.2, 0.25) is 0 Å². The molecule has 1 aliphatic heterocycles. The van der Waals surface area contributed by atoms with Crippen LogP contribution in [0.3, 0.4) is 0 Å². The van der Waals surface area contributed by atoms with Gasteiger partial charge >= 0.3 is 0 Å². The molecule has 1 heterocycles. The van der Waals surface area contributed by atoms with E-state index in [0.29, 0.717) is 17.9 Å². The third kappa shape index (κ3) is 4.71. The van der Waals surface area contributed by atoms with Crippen LogP contribution in [0.25, 0.3) is 0 Å². The third-order valence-corrected chi connectivity index (χ3v) is 3.84. The molecular weight excluding hydrogens is 210 g/mol. The summed E-state index contributed by atoms with van der Waals surface area (Å²) in [5.41, 5.74) is 0.591. The van der Waals surface area contributed by atoms with Crippen LogP contribution in [0.1, 0.15) is 33.1 Å². The molecular formula is C12H24ClNO. The molecule has 0 aromatic heterocycles. The first-order chi connectivity index (χ1) is 7.20. The van der Waals surface area contributed by atoms with E-state index < -0.39 is 0 Å². The molecule has 1 fully saturated rings. The average Bonchev–Trinajstić information content (AvgIpc) is 2.27. The highest BCUT2D eigenvalue weighted by molar-refractivity contribution is 6.17. The van der Waals surface area contributed by atoms with Crippen molar-refractivity contribution in [2.45, 2.75) is 33.1 Å². The average molecular weight is 234 g/mol. The summed E-state index contributed by atoms with van der Waals surface area (Å²) in [5.74, 6) is 0.605. The molecule has 0 aromatic carbocycles. The minimum absolute atomic E-state index is 0.591. The second-order valence-corrected chi connectivity index (χ2v) is 5.19. The van der Waals surface area contributed by atoms with Crippen LogP contribution in [-0.2, 0) is 4.74 Å². The molecule has 0 atom stereocenters. The lowest BCUT2D eigenvalue weighted by Crippen LogP contribution is -2.40. The number of piperidine rings is 1. The van der Waals surface area contributed by atoms with Crippen molar-refractivity contribution in [3.8, 4) is 0 Å². The summed E-state index contributed by atoms with van der Waals surface area (Å²) in [6.07, 6.45) is 3.97. The fourth-order valence-corrected chi connectivity index (χ4v) is 2.13. The van der Waals surface area contributed by atoms with Crippen LogP contribution in [0.4, 0.5) is 0 Å². The monoisotopic (exact) mass is 233 g/mol. The molecule has 0 aliphatic carbocycles. The number of hydrogen-bond donors (Lipinski definition) is 0. The molecule has 0 saturated carbocycles. The number of rotatable bonds is 6. The van der Waals surface area contributed by atoms with Gasteiger partial charge in [-0.1, -0.05) is 20.3 Å². The topological polar surface area (TPSA) is 12.5 Å². The standard InChI is InChI=1S/C12H24ClNO/c1-3-12(2)4-7-14(8-5-12)9-11-15-10-6-13/h3-11H2,1-2H3. The molecule has 0 radical (unpaired) electrons. The van der Waals surface area contributed by atoms with Crippen molar-refractivity contribution in [1.82, 2.24) is 4.90 Å². The maximum absolute atomic E-state index is 5.54. The smallest absolute Gasteiger partial charge is 0.0602 e. The number of ether oxygens (including phenoxy) is 1. The van der Waals surface area contributed by atoms with Crippen molar-refractivity contribution in [2.24, 2.45) is 5.41 Å². The van der Waals surface area contributed by atoms with E-state index in [9.17, 15) is 0 Å². The Balaban J connectivity index is 2.09. The van der Waals surface area contributed by atoms with Crippen molar-refractivity contribution in [3.05, 3.63) is 0 Å². The van der Waals surface area contributed by atoms with Crippen molar-refractivity contribution in [1.29, 1.82) is 0 Å². The van der Waals surface area contributed by atoms with E-state index in [-0.39, 0.29) is 0 Å². The van der Waals surface area contributed by atoms with Crippen LogP contribution in [0.15, 0.2) is 0 Å². The predicted molar refractivity (Wildman–Crippen MR) is 65.6 cm³/mol. The first kappa shape index (κ1) is 13.3. The van der Waals surface area contributed by atoms with Gasteiger partial charge in [-0.3, -0.25) is 0 Å². The molecule has 1 aliphatic rings. The number of likely N-dealkylation sites (tertiary alicyclic amines) is 1. The number of alkyl halides is 1. The molecule has 0 bridgehead atoms. The molecule has 1 saturated heterocycles. The molecule has 0 amide bonds. The van der Waals surface area contributed by atoms with Gasteiger partial charge in [-0.2, -0.15) is 0 Å². The lowest BCUT2D eigenvalue weighted by Gasteiger charge is -2.38. The van der Waals surface area contributed by atoms with Crippen molar-refractivity contribution in [3.63, 3.8) is 0 Å². The Morgan fingerprint density at radius 2 is 1.93 bits per heavy atom. The molecule has 1 rings (SSSR count). The Morgan fingerprint density at radius 3 is 2.47 bits per heavy atom. The minimum Gasteiger partial charge on any atom is -0.379 e. The van der Waals surface area contributed by atoms with E-state index >= 15 is 0 Å². The van der Waals surface area contributed by atoms with Crippen LogP contribution >= 0.6 is 11.6 Å². The zero-order valence-electron chi connectivity index (χ0n) is 10.1.